The molecule has 3 N–H and O–H groups in total. The highest BCUT2D eigenvalue weighted by atomic mass is 16.5. The lowest BCUT2D eigenvalue weighted by Crippen LogP contribution is -2.36. The number of hydrogen-bond donors (Lipinski definition) is 2. The van der Waals surface area contributed by atoms with Gasteiger partial charge in [-0.1, -0.05) is 31.5 Å². The molecule has 0 amide bonds. The van der Waals surface area contributed by atoms with Gasteiger partial charge < -0.3 is 15.6 Å². The van der Waals surface area contributed by atoms with E-state index in [9.17, 15) is 5.11 Å². The molecular weight excluding hydrogens is 298 g/mol. The summed E-state index contributed by atoms with van der Waals surface area (Å²) in [6.45, 7) is 4.06. The van der Waals surface area contributed by atoms with Crippen LogP contribution in [0, 0.1) is 5.92 Å². The van der Waals surface area contributed by atoms with Gasteiger partial charge in [0.2, 0.25) is 0 Å². The molecular formula is C21H29NO2. The average Bonchev–Trinajstić information content (AvgIpc) is 2.62. The molecule has 0 saturated heterocycles. The highest BCUT2D eigenvalue weighted by Gasteiger charge is 2.22. The smallest absolute Gasteiger partial charge is 0.120 e. The van der Waals surface area contributed by atoms with E-state index in [-0.39, 0.29) is 6.61 Å². The van der Waals surface area contributed by atoms with Crippen molar-refractivity contribution in [2.75, 3.05) is 6.61 Å². The Morgan fingerprint density at radius 3 is 2.42 bits per heavy atom. The Bertz CT molecular complexity index is 687. The third-order valence-electron chi connectivity index (χ3n) is 5.47. The molecule has 0 aromatic heterocycles. The molecule has 1 unspecified atom stereocenters. The van der Waals surface area contributed by atoms with E-state index in [0.717, 1.165) is 40.8 Å². The molecule has 1 fully saturated rings. The fourth-order valence-electron chi connectivity index (χ4n) is 3.59. The molecule has 2 aromatic carbocycles. The van der Waals surface area contributed by atoms with Crippen molar-refractivity contribution in [2.24, 2.45) is 11.7 Å². The minimum atomic E-state index is -0.707. The van der Waals surface area contributed by atoms with Crippen molar-refractivity contribution in [2.45, 2.75) is 57.6 Å². The molecule has 0 radical (unpaired) electrons. The second-order valence-corrected chi connectivity index (χ2v) is 7.47. The van der Waals surface area contributed by atoms with Gasteiger partial charge in [0.1, 0.15) is 5.75 Å². The molecule has 2 aromatic rings. The van der Waals surface area contributed by atoms with Crippen LogP contribution in [-0.2, 0) is 5.54 Å². The summed E-state index contributed by atoms with van der Waals surface area (Å²) in [5, 5.41) is 11.7. The highest BCUT2D eigenvalue weighted by Crippen LogP contribution is 2.31. The van der Waals surface area contributed by atoms with Crippen molar-refractivity contribution >= 4 is 10.8 Å². The Morgan fingerprint density at radius 1 is 1.08 bits per heavy atom. The Labute approximate surface area is 144 Å². The summed E-state index contributed by atoms with van der Waals surface area (Å²) in [5.41, 5.74) is 6.37. The summed E-state index contributed by atoms with van der Waals surface area (Å²) in [6, 6.07) is 12.4. The summed E-state index contributed by atoms with van der Waals surface area (Å²) in [7, 11) is 0. The number of hydrogen-bond acceptors (Lipinski definition) is 3. The zero-order valence-corrected chi connectivity index (χ0v) is 14.8. The van der Waals surface area contributed by atoms with Crippen molar-refractivity contribution < 1.29 is 9.84 Å². The molecule has 1 aliphatic carbocycles. The summed E-state index contributed by atoms with van der Waals surface area (Å²) in [5.74, 6) is 1.84. The van der Waals surface area contributed by atoms with Crippen molar-refractivity contribution in [3.8, 4) is 5.75 Å². The highest BCUT2D eigenvalue weighted by molar-refractivity contribution is 5.84. The van der Waals surface area contributed by atoms with Gasteiger partial charge in [0.05, 0.1) is 18.2 Å². The molecule has 0 spiro atoms. The molecule has 0 aliphatic heterocycles. The van der Waals surface area contributed by atoms with E-state index in [2.05, 4.69) is 31.2 Å². The van der Waals surface area contributed by atoms with E-state index >= 15 is 0 Å². The van der Waals surface area contributed by atoms with Crippen LogP contribution in [0.15, 0.2) is 36.4 Å². The average molecular weight is 327 g/mol. The van der Waals surface area contributed by atoms with Gasteiger partial charge in [0, 0.05) is 0 Å². The van der Waals surface area contributed by atoms with Gasteiger partial charge in [-0.25, -0.2) is 0 Å². The van der Waals surface area contributed by atoms with E-state index < -0.39 is 5.54 Å². The lowest BCUT2D eigenvalue weighted by atomic mass is 9.86. The second kappa shape index (κ2) is 7.12. The number of nitrogens with two attached hydrogens (primary N) is 1. The van der Waals surface area contributed by atoms with Gasteiger partial charge in [-0.05, 0) is 73.1 Å². The Kier molecular flexibility index (Phi) is 5.12. The summed E-state index contributed by atoms with van der Waals surface area (Å²) < 4.78 is 6.21. The number of fused-ring (bicyclic) bond motifs is 1. The predicted octanol–water partition coefficient (Wildman–Crippen LogP) is 4.35. The molecule has 3 heteroatoms. The van der Waals surface area contributed by atoms with Crippen LogP contribution in [0.3, 0.4) is 0 Å². The van der Waals surface area contributed by atoms with Gasteiger partial charge in [-0.2, -0.15) is 0 Å². The maximum atomic E-state index is 9.44. The van der Waals surface area contributed by atoms with E-state index in [1.807, 2.05) is 19.1 Å². The van der Waals surface area contributed by atoms with Crippen molar-refractivity contribution in [1.29, 1.82) is 0 Å². The SMILES string of the molecule is CCC1CCC(Oc2ccc3cc(C(C)(N)CO)ccc3c2)CC1. The van der Waals surface area contributed by atoms with Crippen LogP contribution in [0.1, 0.15) is 51.5 Å². The van der Waals surface area contributed by atoms with Gasteiger partial charge in [0.15, 0.2) is 0 Å². The van der Waals surface area contributed by atoms with Crippen molar-refractivity contribution in [3.63, 3.8) is 0 Å². The molecule has 1 saturated carbocycles. The Hall–Kier alpha value is -1.58. The number of aliphatic hydroxyl groups excluding tert-OH is 1. The van der Waals surface area contributed by atoms with Gasteiger partial charge in [0.25, 0.3) is 0 Å². The normalized spacial score (nSPS) is 23.8. The first-order chi connectivity index (χ1) is 11.5. The number of aliphatic hydroxyl groups is 1. The molecule has 3 rings (SSSR count). The fraction of sp³-hybridized carbons (Fsp3) is 0.524. The molecule has 1 atom stereocenters. The largest absolute Gasteiger partial charge is 0.490 e. The van der Waals surface area contributed by atoms with Crippen LogP contribution < -0.4 is 10.5 Å². The molecule has 0 heterocycles. The van der Waals surface area contributed by atoms with Crippen LogP contribution >= 0.6 is 0 Å². The van der Waals surface area contributed by atoms with E-state index in [1.165, 1.54) is 19.3 Å². The maximum Gasteiger partial charge on any atom is 0.120 e. The Balaban J connectivity index is 1.74. The van der Waals surface area contributed by atoms with Crippen LogP contribution in [0.5, 0.6) is 5.75 Å². The van der Waals surface area contributed by atoms with Crippen molar-refractivity contribution in [1.82, 2.24) is 0 Å². The molecule has 3 nitrogen and oxygen atoms in total. The quantitative estimate of drug-likeness (QED) is 0.858. The summed E-state index contributed by atoms with van der Waals surface area (Å²) in [4.78, 5) is 0. The molecule has 1 aliphatic rings. The molecule has 130 valence electrons. The topological polar surface area (TPSA) is 55.5 Å². The predicted molar refractivity (Wildman–Crippen MR) is 99.2 cm³/mol. The van der Waals surface area contributed by atoms with Gasteiger partial charge in [-0.3, -0.25) is 0 Å². The van der Waals surface area contributed by atoms with Gasteiger partial charge >= 0.3 is 0 Å². The third kappa shape index (κ3) is 3.73. The van der Waals surface area contributed by atoms with Crippen molar-refractivity contribution in [3.05, 3.63) is 42.0 Å². The number of rotatable bonds is 5. The van der Waals surface area contributed by atoms with E-state index in [4.69, 9.17) is 10.5 Å². The zero-order valence-electron chi connectivity index (χ0n) is 14.8. The molecule has 24 heavy (non-hydrogen) atoms. The first-order valence-corrected chi connectivity index (χ1v) is 9.12. The van der Waals surface area contributed by atoms with Crippen LogP contribution in [-0.4, -0.2) is 17.8 Å². The number of ether oxygens (including phenoxy) is 1. The summed E-state index contributed by atoms with van der Waals surface area (Å²) in [6.07, 6.45) is 6.54. The zero-order chi connectivity index (χ0) is 17.2. The lowest BCUT2D eigenvalue weighted by molar-refractivity contribution is 0.130. The number of benzene rings is 2. The fourth-order valence-corrected chi connectivity index (χ4v) is 3.59. The van der Waals surface area contributed by atoms with Crippen LogP contribution in [0.4, 0.5) is 0 Å². The lowest BCUT2D eigenvalue weighted by Gasteiger charge is -2.28. The van der Waals surface area contributed by atoms with E-state index in [1.54, 1.807) is 0 Å². The third-order valence-corrected chi connectivity index (χ3v) is 5.47. The maximum absolute atomic E-state index is 9.44. The van der Waals surface area contributed by atoms with Crippen LogP contribution in [0.25, 0.3) is 10.8 Å². The first-order valence-electron chi connectivity index (χ1n) is 9.12. The van der Waals surface area contributed by atoms with E-state index in [0.29, 0.717) is 6.10 Å². The molecule has 0 bridgehead atoms. The van der Waals surface area contributed by atoms with Gasteiger partial charge in [-0.15, -0.1) is 0 Å². The minimum Gasteiger partial charge on any atom is -0.490 e. The monoisotopic (exact) mass is 327 g/mol. The first kappa shape index (κ1) is 17.2. The summed E-state index contributed by atoms with van der Waals surface area (Å²) >= 11 is 0. The minimum absolute atomic E-state index is 0.0693. The standard InChI is InChI=1S/C21H29NO2/c1-3-15-4-9-19(10-5-15)24-20-11-7-16-12-18(21(2,22)14-23)8-6-17(16)13-20/h6-8,11-13,15,19,23H,3-5,9-10,14,22H2,1-2H3. The Morgan fingerprint density at radius 2 is 1.75 bits per heavy atom. The second-order valence-electron chi connectivity index (χ2n) is 7.47. The van der Waals surface area contributed by atoms with Crippen LogP contribution in [0.2, 0.25) is 0 Å².